The molecule has 3 nitrogen and oxygen atoms in total. The average molecular weight is 305 g/mol. The van der Waals surface area contributed by atoms with E-state index in [2.05, 4.69) is 9.97 Å². The van der Waals surface area contributed by atoms with Crippen LogP contribution in [-0.2, 0) is 17.1 Å². The first kappa shape index (κ1) is 13.4. The Morgan fingerprint density at radius 1 is 0.812 bits per heavy atom. The minimum atomic E-state index is -0.498. The van der Waals surface area contributed by atoms with Gasteiger partial charge in [0, 0.05) is 41.6 Å². The van der Waals surface area contributed by atoms with E-state index in [9.17, 15) is 0 Å². The van der Waals surface area contributed by atoms with Crippen LogP contribution in [0.1, 0.15) is 0 Å². The second kappa shape index (κ2) is 5.62. The summed E-state index contributed by atoms with van der Waals surface area (Å²) in [7, 11) is 0. The average Bonchev–Trinajstić information content (AvgIpc) is 2.31. The molecule has 1 radical (unpaired) electrons. The third-order valence-corrected chi connectivity index (χ3v) is 2.57. The van der Waals surface area contributed by atoms with Gasteiger partial charge in [0.2, 0.25) is 23.6 Å². The SMILES string of the molecule is Cl[N+](Cl)(c1ccccn1)c1ccccn1.[Cu]. The van der Waals surface area contributed by atoms with Crippen LogP contribution < -0.4 is 3.52 Å². The Hall–Kier alpha value is -0.641. The van der Waals surface area contributed by atoms with E-state index in [1.807, 2.05) is 12.1 Å². The number of nitrogens with zero attached hydrogens (tertiary/aromatic N) is 3. The second-order valence-corrected chi connectivity index (χ2v) is 4.08. The summed E-state index contributed by atoms with van der Waals surface area (Å²) in [5.74, 6) is 1.03. The number of halogens is 2. The fourth-order valence-electron chi connectivity index (χ4n) is 1.16. The van der Waals surface area contributed by atoms with Crippen molar-refractivity contribution in [2.75, 3.05) is 0 Å². The third-order valence-electron chi connectivity index (χ3n) is 1.87. The largest absolute Gasteiger partial charge is 0.270 e. The number of quaternary nitrogens is 1. The van der Waals surface area contributed by atoms with Gasteiger partial charge in [0.15, 0.2) is 0 Å². The predicted octanol–water partition coefficient (Wildman–Crippen LogP) is 3.42. The molecule has 87 valence electrons. The van der Waals surface area contributed by atoms with Crippen molar-refractivity contribution >= 4 is 35.2 Å². The fourth-order valence-corrected chi connectivity index (χ4v) is 1.56. The first-order valence-corrected chi connectivity index (χ1v) is 5.00. The van der Waals surface area contributed by atoms with Gasteiger partial charge >= 0.3 is 0 Å². The van der Waals surface area contributed by atoms with Gasteiger partial charge in [-0.25, -0.2) is 9.97 Å². The van der Waals surface area contributed by atoms with Crippen molar-refractivity contribution in [3.05, 3.63) is 48.8 Å². The number of hydrogen-bond acceptors (Lipinski definition) is 2. The molecule has 16 heavy (non-hydrogen) atoms. The maximum absolute atomic E-state index is 6.16. The summed E-state index contributed by atoms with van der Waals surface area (Å²) in [6.45, 7) is 0. The molecule has 2 rings (SSSR count). The molecule has 0 saturated heterocycles. The molecular weight excluding hydrogens is 297 g/mol. The number of rotatable bonds is 2. The minimum Gasteiger partial charge on any atom is -0.202 e. The molecule has 0 aliphatic rings. The number of aromatic nitrogens is 2. The van der Waals surface area contributed by atoms with Crippen molar-refractivity contribution in [1.82, 2.24) is 13.5 Å². The molecule has 2 aromatic heterocycles. The van der Waals surface area contributed by atoms with Crippen molar-refractivity contribution in [1.29, 1.82) is 0 Å². The van der Waals surface area contributed by atoms with Gasteiger partial charge in [-0.05, 0) is 15.7 Å². The molecular formula is C10H8Cl2CuN3+. The summed E-state index contributed by atoms with van der Waals surface area (Å²) in [5, 5.41) is 0. The number of pyridine rings is 2. The molecule has 0 N–H and O–H groups in total. The summed E-state index contributed by atoms with van der Waals surface area (Å²) >= 11 is 12.3. The molecule has 0 fully saturated rings. The predicted molar refractivity (Wildman–Crippen MR) is 61.6 cm³/mol. The first-order valence-electron chi connectivity index (χ1n) is 4.33. The Morgan fingerprint density at radius 3 is 1.56 bits per heavy atom. The van der Waals surface area contributed by atoms with Gasteiger partial charge in [0.05, 0.1) is 0 Å². The molecule has 0 aromatic carbocycles. The van der Waals surface area contributed by atoms with E-state index >= 15 is 0 Å². The van der Waals surface area contributed by atoms with Gasteiger partial charge in [0.1, 0.15) is 0 Å². The van der Waals surface area contributed by atoms with Crippen LogP contribution in [0.5, 0.6) is 0 Å². The van der Waals surface area contributed by atoms with Crippen LogP contribution in [-0.4, -0.2) is 9.97 Å². The molecule has 0 amide bonds. The van der Waals surface area contributed by atoms with Crippen molar-refractivity contribution < 1.29 is 17.1 Å². The van der Waals surface area contributed by atoms with Gasteiger partial charge < -0.3 is 0 Å². The molecule has 0 atom stereocenters. The van der Waals surface area contributed by atoms with E-state index in [0.717, 1.165) is 0 Å². The van der Waals surface area contributed by atoms with Crippen molar-refractivity contribution in [3.8, 4) is 0 Å². The fraction of sp³-hybridized carbons (Fsp3) is 0. The van der Waals surface area contributed by atoms with Gasteiger partial charge in [-0.3, -0.25) is 0 Å². The van der Waals surface area contributed by atoms with E-state index in [-0.39, 0.29) is 17.1 Å². The molecule has 0 bridgehead atoms. The number of hydrogen-bond donors (Lipinski definition) is 0. The van der Waals surface area contributed by atoms with Gasteiger partial charge in [-0.1, -0.05) is 12.1 Å². The Balaban J connectivity index is 0.00000128. The van der Waals surface area contributed by atoms with Gasteiger partial charge in [0.25, 0.3) is 11.6 Å². The van der Waals surface area contributed by atoms with Crippen molar-refractivity contribution in [2.45, 2.75) is 0 Å². The van der Waals surface area contributed by atoms with E-state index < -0.39 is 3.52 Å². The monoisotopic (exact) mass is 303 g/mol. The molecule has 0 aliphatic heterocycles. The van der Waals surface area contributed by atoms with E-state index in [1.54, 1.807) is 36.7 Å². The Labute approximate surface area is 114 Å². The molecule has 0 aliphatic carbocycles. The topological polar surface area (TPSA) is 25.8 Å². The zero-order chi connectivity index (χ0) is 10.7. The van der Waals surface area contributed by atoms with Crippen LogP contribution in [0.15, 0.2) is 48.8 Å². The van der Waals surface area contributed by atoms with Crippen LogP contribution in [0.25, 0.3) is 0 Å². The van der Waals surface area contributed by atoms with E-state index in [1.165, 1.54) is 0 Å². The normalized spacial score (nSPS) is 10.6. The summed E-state index contributed by atoms with van der Waals surface area (Å²) in [5.41, 5.74) is 0. The summed E-state index contributed by atoms with van der Waals surface area (Å²) < 4.78 is -0.498. The molecule has 0 spiro atoms. The van der Waals surface area contributed by atoms with E-state index in [4.69, 9.17) is 23.6 Å². The minimum absolute atomic E-state index is 0. The summed E-state index contributed by atoms with van der Waals surface area (Å²) in [4.78, 5) is 8.19. The third kappa shape index (κ3) is 2.73. The quantitative estimate of drug-likeness (QED) is 0.627. The standard InChI is InChI=1S/C10H8Cl2N3.Cu/c11-15(12,9-5-1-3-7-13-9)10-6-2-4-8-14-10;/h1-8H;/q+1;. The van der Waals surface area contributed by atoms with Crippen molar-refractivity contribution in [2.24, 2.45) is 0 Å². The summed E-state index contributed by atoms with van der Waals surface area (Å²) in [6, 6.07) is 10.7. The zero-order valence-corrected chi connectivity index (χ0v) is 10.5. The Morgan fingerprint density at radius 2 is 1.25 bits per heavy atom. The Kier molecular flexibility index (Phi) is 4.71. The Bertz CT molecular complexity index is 395. The first-order chi connectivity index (χ1) is 7.21. The molecule has 2 heterocycles. The van der Waals surface area contributed by atoms with Crippen LogP contribution in [0.3, 0.4) is 0 Å². The smallest absolute Gasteiger partial charge is 0.202 e. The van der Waals surface area contributed by atoms with Crippen LogP contribution in [0.4, 0.5) is 11.6 Å². The van der Waals surface area contributed by atoms with Crippen molar-refractivity contribution in [3.63, 3.8) is 0 Å². The summed E-state index contributed by atoms with van der Waals surface area (Å²) in [6.07, 6.45) is 3.27. The molecule has 0 saturated carbocycles. The van der Waals surface area contributed by atoms with Gasteiger partial charge in [-0.15, -0.1) is 0 Å². The maximum Gasteiger partial charge on any atom is 0.270 e. The zero-order valence-electron chi connectivity index (χ0n) is 8.02. The van der Waals surface area contributed by atoms with E-state index in [0.29, 0.717) is 11.6 Å². The molecule has 6 heteroatoms. The van der Waals surface area contributed by atoms with Crippen LogP contribution >= 0.6 is 23.6 Å². The molecule has 0 unspecified atom stereocenters. The second-order valence-electron chi connectivity index (χ2n) is 2.89. The van der Waals surface area contributed by atoms with Crippen LogP contribution in [0, 0.1) is 0 Å². The van der Waals surface area contributed by atoms with Crippen LogP contribution in [0.2, 0.25) is 0 Å². The maximum atomic E-state index is 6.16. The van der Waals surface area contributed by atoms with Gasteiger partial charge in [-0.2, -0.15) is 0 Å². The molecule has 2 aromatic rings.